The summed E-state index contributed by atoms with van der Waals surface area (Å²) in [6, 6.07) is 1.94. The lowest BCUT2D eigenvalue weighted by Crippen LogP contribution is -2.34. The third-order valence-electron chi connectivity index (χ3n) is 3.28. The number of carbonyl (C=O) groups is 2. The molecule has 30 heavy (non-hydrogen) atoms. The first-order chi connectivity index (χ1) is 13.6. The van der Waals surface area contributed by atoms with Gasteiger partial charge in [0.15, 0.2) is 0 Å². The van der Waals surface area contributed by atoms with Crippen LogP contribution >= 0.6 is 0 Å². The van der Waals surface area contributed by atoms with Crippen molar-refractivity contribution in [3.05, 3.63) is 48.3 Å². The second kappa shape index (κ2) is 11.8. The van der Waals surface area contributed by atoms with Crippen LogP contribution in [0.25, 0.3) is 0 Å². The van der Waals surface area contributed by atoms with Crippen LogP contribution in [-0.2, 0) is 9.59 Å². The van der Waals surface area contributed by atoms with Gasteiger partial charge in [-0.2, -0.15) is 26.3 Å². The van der Waals surface area contributed by atoms with E-state index in [-0.39, 0.29) is 18.2 Å². The second-order valence-corrected chi connectivity index (χ2v) is 5.99. The third-order valence-corrected chi connectivity index (χ3v) is 3.28. The molecule has 1 heterocycles. The Hall–Kier alpha value is -3.05. The van der Waals surface area contributed by atoms with E-state index in [4.69, 9.17) is 5.11 Å². The number of amides is 1. The highest BCUT2D eigenvalue weighted by Gasteiger charge is 2.23. The number of carbonyl (C=O) groups excluding carboxylic acids is 1. The second-order valence-electron chi connectivity index (χ2n) is 5.99. The van der Waals surface area contributed by atoms with Gasteiger partial charge in [0, 0.05) is 57.7 Å². The van der Waals surface area contributed by atoms with E-state index in [0.717, 1.165) is 11.3 Å². The molecule has 0 radical (unpaired) electrons. The zero-order valence-electron chi connectivity index (χ0n) is 16.3. The molecule has 1 N–H and O–H groups in total. The van der Waals surface area contributed by atoms with Gasteiger partial charge in [0.2, 0.25) is 5.91 Å². The van der Waals surface area contributed by atoms with Gasteiger partial charge in [0.05, 0.1) is 11.9 Å². The highest BCUT2D eigenvalue weighted by atomic mass is 19.4. The maximum absolute atomic E-state index is 12.0. The van der Waals surface area contributed by atoms with E-state index in [9.17, 15) is 35.9 Å². The van der Waals surface area contributed by atoms with Gasteiger partial charge < -0.3 is 14.9 Å². The fourth-order valence-electron chi connectivity index (χ4n) is 1.75. The largest absolute Gasteiger partial charge is 0.478 e. The summed E-state index contributed by atoms with van der Waals surface area (Å²) in [7, 11) is 3.30. The van der Waals surface area contributed by atoms with Crippen LogP contribution in [0.2, 0.25) is 0 Å². The molecule has 0 saturated carbocycles. The minimum Gasteiger partial charge on any atom is -0.478 e. The molecular weight excluding hydrogens is 420 g/mol. The molecule has 0 atom stereocenters. The summed E-state index contributed by atoms with van der Waals surface area (Å²) < 4.78 is 69.1. The number of halogens is 6. The van der Waals surface area contributed by atoms with E-state index in [1.807, 2.05) is 24.9 Å². The molecule has 0 spiro atoms. The zero-order valence-corrected chi connectivity index (χ0v) is 16.3. The van der Waals surface area contributed by atoms with Gasteiger partial charge in [0.25, 0.3) is 0 Å². The number of carboxylic acid groups (broad SMARTS) is 1. The molecule has 168 valence electrons. The molecule has 1 aromatic heterocycles. The molecule has 6 nitrogen and oxygen atoms in total. The van der Waals surface area contributed by atoms with Gasteiger partial charge in [-0.25, -0.2) is 4.79 Å². The summed E-state index contributed by atoms with van der Waals surface area (Å²) in [6.07, 6.45) is -5.39. The Bertz CT molecular complexity index is 760. The van der Waals surface area contributed by atoms with E-state index in [2.05, 4.69) is 4.98 Å². The standard InChI is InChI=1S/C14H18F3N3O.C4H3F3O2/c1-11-8-12(10-18-9-11)19(2)6-7-20(3)13(21)4-5-14(15,16)17;5-4(6,7)2-1-3(8)9/h4-5,8-10H,6-7H2,1-3H3;1-2H,(H,8,9)/b5-4+;2-1+. The first-order valence-corrected chi connectivity index (χ1v) is 8.23. The lowest BCUT2D eigenvalue weighted by Gasteiger charge is -2.23. The lowest BCUT2D eigenvalue weighted by atomic mass is 10.3. The molecule has 1 amide bonds. The van der Waals surface area contributed by atoms with Gasteiger partial charge in [0.1, 0.15) is 0 Å². The summed E-state index contributed by atoms with van der Waals surface area (Å²) in [5.41, 5.74) is 1.90. The predicted molar refractivity (Wildman–Crippen MR) is 97.9 cm³/mol. The Kier molecular flexibility index (Phi) is 10.6. The molecule has 0 unspecified atom stereocenters. The number of rotatable bonds is 6. The molecule has 0 aliphatic rings. The first-order valence-electron chi connectivity index (χ1n) is 8.23. The molecule has 1 rings (SSSR count). The summed E-state index contributed by atoms with van der Waals surface area (Å²) in [5, 5.41) is 7.69. The van der Waals surface area contributed by atoms with Crippen LogP contribution in [-0.4, -0.2) is 66.4 Å². The number of pyridine rings is 1. The van der Waals surface area contributed by atoms with Crippen molar-refractivity contribution in [2.24, 2.45) is 0 Å². The molecule has 0 aliphatic carbocycles. The maximum atomic E-state index is 12.0. The Morgan fingerprint density at radius 2 is 1.53 bits per heavy atom. The lowest BCUT2D eigenvalue weighted by molar-refractivity contribution is -0.132. The van der Waals surface area contributed by atoms with Crippen molar-refractivity contribution in [3.8, 4) is 0 Å². The van der Waals surface area contributed by atoms with Crippen molar-refractivity contribution in [2.45, 2.75) is 19.3 Å². The van der Waals surface area contributed by atoms with E-state index >= 15 is 0 Å². The number of carboxylic acids is 1. The summed E-state index contributed by atoms with van der Waals surface area (Å²) in [5.74, 6) is -2.28. The van der Waals surface area contributed by atoms with Crippen LogP contribution in [0, 0.1) is 6.92 Å². The highest BCUT2D eigenvalue weighted by molar-refractivity contribution is 5.87. The van der Waals surface area contributed by atoms with E-state index in [1.165, 1.54) is 11.9 Å². The Labute approximate surface area is 169 Å². The van der Waals surface area contributed by atoms with Crippen LogP contribution in [0.4, 0.5) is 32.0 Å². The van der Waals surface area contributed by atoms with Crippen LogP contribution < -0.4 is 4.90 Å². The smallest absolute Gasteiger partial charge is 0.410 e. The SMILES string of the molecule is Cc1cncc(N(C)CCN(C)C(=O)/C=C/C(F)(F)F)c1.O=C(O)/C=C/C(F)(F)F. The molecule has 0 bridgehead atoms. The number of hydrogen-bond acceptors (Lipinski definition) is 4. The van der Waals surface area contributed by atoms with Crippen molar-refractivity contribution >= 4 is 17.6 Å². The number of aromatic nitrogens is 1. The zero-order chi connectivity index (χ0) is 23.5. The monoisotopic (exact) mass is 441 g/mol. The first kappa shape index (κ1) is 27.0. The topological polar surface area (TPSA) is 73.7 Å². The van der Waals surface area contributed by atoms with Gasteiger partial charge in [-0.1, -0.05) is 0 Å². The van der Waals surface area contributed by atoms with E-state index in [1.54, 1.807) is 12.4 Å². The van der Waals surface area contributed by atoms with Crippen molar-refractivity contribution in [3.63, 3.8) is 0 Å². The average molecular weight is 441 g/mol. The summed E-state index contributed by atoms with van der Waals surface area (Å²) in [6.45, 7) is 2.72. The Morgan fingerprint density at radius 1 is 1.00 bits per heavy atom. The molecule has 0 fully saturated rings. The molecule has 0 saturated heterocycles. The number of aryl methyl sites for hydroxylation is 1. The van der Waals surface area contributed by atoms with E-state index < -0.39 is 24.2 Å². The molecule has 12 heteroatoms. The highest BCUT2D eigenvalue weighted by Crippen LogP contribution is 2.16. The van der Waals surface area contributed by atoms with Crippen molar-refractivity contribution in [1.82, 2.24) is 9.88 Å². The van der Waals surface area contributed by atoms with Crippen LogP contribution in [0.5, 0.6) is 0 Å². The Morgan fingerprint density at radius 3 is 1.97 bits per heavy atom. The quantitative estimate of drug-likeness (QED) is 0.540. The maximum Gasteiger partial charge on any atom is 0.410 e. The minimum absolute atomic E-state index is 0.0417. The third kappa shape index (κ3) is 14.0. The van der Waals surface area contributed by atoms with Gasteiger partial charge >= 0.3 is 18.3 Å². The van der Waals surface area contributed by atoms with Gasteiger partial charge in [-0.15, -0.1) is 0 Å². The normalized spacial score (nSPS) is 11.9. The minimum atomic E-state index is -4.53. The number of hydrogen-bond donors (Lipinski definition) is 1. The van der Waals surface area contributed by atoms with E-state index in [0.29, 0.717) is 19.2 Å². The number of allylic oxidation sites excluding steroid dienone is 2. The number of aliphatic carboxylic acids is 1. The Balaban J connectivity index is 0.000000787. The fraction of sp³-hybridized carbons (Fsp3) is 0.389. The molecular formula is C18H21F6N3O3. The van der Waals surface area contributed by atoms with Crippen molar-refractivity contribution in [1.29, 1.82) is 0 Å². The van der Waals surface area contributed by atoms with Crippen LogP contribution in [0.3, 0.4) is 0 Å². The molecule has 0 aromatic carbocycles. The number of nitrogens with zero attached hydrogens (tertiary/aromatic N) is 3. The number of likely N-dealkylation sites (N-methyl/N-ethyl adjacent to an activating group) is 2. The molecule has 0 aliphatic heterocycles. The van der Waals surface area contributed by atoms with Crippen molar-refractivity contribution < 1.29 is 41.0 Å². The van der Waals surface area contributed by atoms with Gasteiger partial charge in [-0.3, -0.25) is 9.78 Å². The van der Waals surface area contributed by atoms with Crippen molar-refractivity contribution in [2.75, 3.05) is 32.1 Å². The molecule has 1 aromatic rings. The number of anilines is 1. The number of alkyl halides is 6. The van der Waals surface area contributed by atoms with Gasteiger partial charge in [-0.05, 0) is 18.6 Å². The average Bonchev–Trinajstić information content (AvgIpc) is 2.61. The predicted octanol–water partition coefficient (Wildman–Crippen LogP) is 3.59. The summed E-state index contributed by atoms with van der Waals surface area (Å²) >= 11 is 0. The summed E-state index contributed by atoms with van der Waals surface area (Å²) in [4.78, 5) is 28.2. The van der Waals surface area contributed by atoms with Crippen LogP contribution in [0.15, 0.2) is 42.8 Å². The van der Waals surface area contributed by atoms with Crippen LogP contribution in [0.1, 0.15) is 5.56 Å². The fourth-order valence-corrected chi connectivity index (χ4v) is 1.75.